The lowest BCUT2D eigenvalue weighted by Gasteiger charge is -2.27. The Bertz CT molecular complexity index is 647. The van der Waals surface area contributed by atoms with Crippen LogP contribution in [-0.2, 0) is 6.54 Å². The molecular formula is C15H19N3O2S. The zero-order valence-corrected chi connectivity index (χ0v) is 12.9. The van der Waals surface area contributed by atoms with E-state index < -0.39 is 0 Å². The fraction of sp³-hybridized carbons (Fsp3) is 0.400. The molecule has 3 rings (SSSR count). The monoisotopic (exact) mass is 305 g/mol. The lowest BCUT2D eigenvalue weighted by atomic mass is 10.2. The third kappa shape index (κ3) is 2.95. The predicted molar refractivity (Wildman–Crippen MR) is 87.0 cm³/mol. The first-order valence-corrected chi connectivity index (χ1v) is 8.12. The van der Waals surface area contributed by atoms with Crippen LogP contribution in [0.25, 0.3) is 11.0 Å². The number of thioether (sulfide) groups is 1. The molecule has 0 unspecified atom stereocenters. The molecule has 6 heteroatoms. The van der Waals surface area contributed by atoms with E-state index in [0.29, 0.717) is 18.3 Å². The van der Waals surface area contributed by atoms with Crippen LogP contribution in [-0.4, -0.2) is 42.6 Å². The Kier molecular flexibility index (Phi) is 4.24. The second-order valence-corrected chi connectivity index (χ2v) is 6.05. The number of aliphatic imine (C=N–C) groups is 1. The molecule has 1 aromatic carbocycles. The molecule has 0 aliphatic carbocycles. The van der Waals surface area contributed by atoms with Crippen molar-refractivity contribution in [3.05, 3.63) is 30.0 Å². The second kappa shape index (κ2) is 6.30. The Hall–Kier alpha value is -1.82. The zero-order valence-electron chi connectivity index (χ0n) is 12.0. The van der Waals surface area contributed by atoms with Crippen molar-refractivity contribution < 1.29 is 9.15 Å². The molecule has 1 aromatic heterocycles. The number of fused-ring (bicyclic) bond motifs is 1. The van der Waals surface area contributed by atoms with E-state index in [4.69, 9.17) is 14.9 Å². The summed E-state index contributed by atoms with van der Waals surface area (Å²) in [5.41, 5.74) is 6.88. The quantitative estimate of drug-likeness (QED) is 0.696. The summed E-state index contributed by atoms with van der Waals surface area (Å²) in [5, 5.41) is 0.971. The summed E-state index contributed by atoms with van der Waals surface area (Å²) in [6.07, 6.45) is 0. The van der Waals surface area contributed by atoms with Crippen LogP contribution in [0.4, 0.5) is 0 Å². The third-order valence-corrected chi connectivity index (χ3v) is 4.48. The SMILES string of the molecule is COc1c(CN=C(N)N2CCSCC2)oc2ccccc12. The number of nitrogens with zero attached hydrogens (tertiary/aromatic N) is 2. The number of nitrogens with two attached hydrogens (primary N) is 1. The average molecular weight is 305 g/mol. The van der Waals surface area contributed by atoms with Gasteiger partial charge in [0.2, 0.25) is 0 Å². The van der Waals surface area contributed by atoms with Gasteiger partial charge < -0.3 is 19.8 Å². The minimum Gasteiger partial charge on any atom is -0.492 e. The van der Waals surface area contributed by atoms with Gasteiger partial charge in [-0.25, -0.2) is 4.99 Å². The van der Waals surface area contributed by atoms with Crippen molar-refractivity contribution in [1.29, 1.82) is 0 Å². The van der Waals surface area contributed by atoms with Crippen LogP contribution in [0.3, 0.4) is 0 Å². The Morgan fingerprint density at radius 1 is 1.38 bits per heavy atom. The smallest absolute Gasteiger partial charge is 0.191 e. The molecule has 112 valence electrons. The highest BCUT2D eigenvalue weighted by Gasteiger charge is 2.16. The van der Waals surface area contributed by atoms with Crippen molar-refractivity contribution in [2.24, 2.45) is 10.7 Å². The summed E-state index contributed by atoms with van der Waals surface area (Å²) in [6, 6.07) is 7.82. The molecule has 1 fully saturated rings. The van der Waals surface area contributed by atoms with E-state index >= 15 is 0 Å². The number of hydrogen-bond acceptors (Lipinski definition) is 4. The van der Waals surface area contributed by atoms with E-state index in [1.165, 1.54) is 0 Å². The molecule has 0 amide bonds. The first-order chi connectivity index (χ1) is 10.3. The van der Waals surface area contributed by atoms with E-state index in [9.17, 15) is 0 Å². The topological polar surface area (TPSA) is 64.0 Å². The number of para-hydroxylation sites is 1. The maximum absolute atomic E-state index is 6.07. The van der Waals surface area contributed by atoms with E-state index in [2.05, 4.69) is 9.89 Å². The van der Waals surface area contributed by atoms with Gasteiger partial charge in [0.05, 0.1) is 12.5 Å². The molecule has 1 aliphatic heterocycles. The van der Waals surface area contributed by atoms with Crippen LogP contribution in [0.2, 0.25) is 0 Å². The van der Waals surface area contributed by atoms with Crippen LogP contribution in [0.5, 0.6) is 5.75 Å². The molecule has 0 atom stereocenters. The average Bonchev–Trinajstić information content (AvgIpc) is 2.91. The highest BCUT2D eigenvalue weighted by Crippen LogP contribution is 2.33. The largest absolute Gasteiger partial charge is 0.492 e. The number of ether oxygens (including phenoxy) is 1. The number of rotatable bonds is 3. The van der Waals surface area contributed by atoms with Crippen molar-refractivity contribution in [2.75, 3.05) is 31.7 Å². The van der Waals surface area contributed by atoms with Crippen molar-refractivity contribution in [2.45, 2.75) is 6.54 Å². The molecule has 0 spiro atoms. The first kappa shape index (κ1) is 14.1. The van der Waals surface area contributed by atoms with Gasteiger partial charge in [-0.1, -0.05) is 12.1 Å². The molecule has 0 saturated carbocycles. The van der Waals surface area contributed by atoms with Gasteiger partial charge in [-0.2, -0.15) is 11.8 Å². The van der Waals surface area contributed by atoms with E-state index in [-0.39, 0.29) is 0 Å². The van der Waals surface area contributed by atoms with Crippen LogP contribution in [0, 0.1) is 0 Å². The van der Waals surface area contributed by atoms with Crippen LogP contribution >= 0.6 is 11.8 Å². The summed E-state index contributed by atoms with van der Waals surface area (Å²) in [7, 11) is 1.65. The Balaban J connectivity index is 1.81. The van der Waals surface area contributed by atoms with E-state index in [1.807, 2.05) is 36.0 Å². The summed E-state index contributed by atoms with van der Waals surface area (Å²) in [6.45, 7) is 2.31. The summed E-state index contributed by atoms with van der Waals surface area (Å²) in [4.78, 5) is 6.58. The maximum Gasteiger partial charge on any atom is 0.191 e. The lowest BCUT2D eigenvalue weighted by Crippen LogP contribution is -2.42. The van der Waals surface area contributed by atoms with Gasteiger partial charge in [-0.15, -0.1) is 0 Å². The maximum atomic E-state index is 6.07. The van der Waals surface area contributed by atoms with Gasteiger partial charge >= 0.3 is 0 Å². The molecule has 2 N–H and O–H groups in total. The van der Waals surface area contributed by atoms with Gasteiger partial charge in [-0.3, -0.25) is 0 Å². The van der Waals surface area contributed by atoms with Crippen LogP contribution in [0.1, 0.15) is 5.76 Å². The first-order valence-electron chi connectivity index (χ1n) is 6.96. The Labute approximate surface area is 128 Å². The van der Waals surface area contributed by atoms with E-state index in [1.54, 1.807) is 7.11 Å². The van der Waals surface area contributed by atoms with Crippen LogP contribution in [0.15, 0.2) is 33.7 Å². The summed E-state index contributed by atoms with van der Waals surface area (Å²) >= 11 is 1.95. The number of furan rings is 1. The minimum absolute atomic E-state index is 0.396. The summed E-state index contributed by atoms with van der Waals surface area (Å²) < 4.78 is 11.3. The van der Waals surface area contributed by atoms with Crippen molar-refractivity contribution in [1.82, 2.24) is 4.90 Å². The molecule has 2 heterocycles. The van der Waals surface area contributed by atoms with Gasteiger partial charge in [0.1, 0.15) is 12.1 Å². The van der Waals surface area contributed by atoms with E-state index in [0.717, 1.165) is 41.3 Å². The standard InChI is InChI=1S/C15H19N3O2S/c1-19-14-11-4-2-3-5-12(11)20-13(14)10-17-15(16)18-6-8-21-9-7-18/h2-5H,6-10H2,1H3,(H2,16,17). The fourth-order valence-electron chi connectivity index (χ4n) is 2.45. The second-order valence-electron chi connectivity index (χ2n) is 4.83. The number of guanidine groups is 1. The van der Waals surface area contributed by atoms with Crippen molar-refractivity contribution in [3.8, 4) is 5.75 Å². The van der Waals surface area contributed by atoms with Crippen molar-refractivity contribution >= 4 is 28.7 Å². The molecule has 5 nitrogen and oxygen atoms in total. The molecule has 0 bridgehead atoms. The Morgan fingerprint density at radius 2 is 2.14 bits per heavy atom. The van der Waals surface area contributed by atoms with Crippen LogP contribution < -0.4 is 10.5 Å². The van der Waals surface area contributed by atoms with Gasteiger partial charge in [0, 0.05) is 24.6 Å². The lowest BCUT2D eigenvalue weighted by molar-refractivity contribution is 0.396. The molecule has 21 heavy (non-hydrogen) atoms. The van der Waals surface area contributed by atoms with Crippen molar-refractivity contribution in [3.63, 3.8) is 0 Å². The summed E-state index contributed by atoms with van der Waals surface area (Å²) in [5.74, 6) is 4.25. The molecular weight excluding hydrogens is 286 g/mol. The highest BCUT2D eigenvalue weighted by atomic mass is 32.2. The van der Waals surface area contributed by atoms with Gasteiger partial charge in [-0.05, 0) is 12.1 Å². The molecule has 1 saturated heterocycles. The number of hydrogen-bond donors (Lipinski definition) is 1. The van der Waals surface area contributed by atoms with Gasteiger partial charge in [0.25, 0.3) is 0 Å². The predicted octanol–water partition coefficient (Wildman–Crippen LogP) is 2.30. The highest BCUT2D eigenvalue weighted by molar-refractivity contribution is 7.99. The minimum atomic E-state index is 0.396. The third-order valence-electron chi connectivity index (χ3n) is 3.54. The molecule has 2 aromatic rings. The number of methoxy groups -OCH3 is 1. The Morgan fingerprint density at radius 3 is 2.90 bits per heavy atom. The fourth-order valence-corrected chi connectivity index (χ4v) is 3.35. The molecule has 0 radical (unpaired) electrons. The van der Waals surface area contributed by atoms with Gasteiger partial charge in [0.15, 0.2) is 17.5 Å². The molecule has 1 aliphatic rings. The zero-order chi connectivity index (χ0) is 14.7. The normalized spacial score (nSPS) is 16.4. The number of benzene rings is 1.